The summed E-state index contributed by atoms with van der Waals surface area (Å²) in [6.07, 6.45) is 1.99. The van der Waals surface area contributed by atoms with E-state index in [0.29, 0.717) is 0 Å². The summed E-state index contributed by atoms with van der Waals surface area (Å²) in [5, 5.41) is 18.7. The highest BCUT2D eigenvalue weighted by Gasteiger charge is 2.10. The molecule has 1 rings (SSSR count). The molecule has 3 nitrogen and oxygen atoms in total. The van der Waals surface area contributed by atoms with E-state index in [2.05, 4.69) is 19.1 Å². The van der Waals surface area contributed by atoms with Gasteiger partial charge in [-0.05, 0) is 69.4 Å². The van der Waals surface area contributed by atoms with Crippen LogP contribution in [-0.2, 0) is 13.0 Å². The van der Waals surface area contributed by atoms with Crippen molar-refractivity contribution < 1.29 is 10.1 Å². The van der Waals surface area contributed by atoms with Crippen LogP contribution < -0.4 is 0 Å². The van der Waals surface area contributed by atoms with Gasteiger partial charge in [-0.15, -0.1) is 0 Å². The van der Waals surface area contributed by atoms with E-state index in [1.54, 1.807) is 6.82 Å². The number of nitrogens with zero attached hydrogens (tertiary/aromatic N) is 1. The molecule has 2 N–H and O–H groups in total. The van der Waals surface area contributed by atoms with Gasteiger partial charge in [-0.3, -0.25) is 0 Å². The predicted octanol–water partition coefficient (Wildman–Crippen LogP) is 1.77. The van der Waals surface area contributed by atoms with Crippen molar-refractivity contribution in [3.63, 3.8) is 0 Å². The number of benzene rings is 1. The van der Waals surface area contributed by atoms with Crippen molar-refractivity contribution >= 4 is 7.05 Å². The second-order valence-electron chi connectivity index (χ2n) is 5.07. The SMILES string of the molecule is CB(O)N(C)CCCc1cc(C)c(C)c(CO)c1. The molecule has 0 aliphatic rings. The topological polar surface area (TPSA) is 43.7 Å². The van der Waals surface area contributed by atoms with Crippen molar-refractivity contribution in [2.75, 3.05) is 13.6 Å². The number of hydrogen-bond donors (Lipinski definition) is 2. The van der Waals surface area contributed by atoms with E-state index < -0.39 is 7.05 Å². The molecule has 100 valence electrons. The minimum Gasteiger partial charge on any atom is -0.437 e. The van der Waals surface area contributed by atoms with Crippen LogP contribution in [0.3, 0.4) is 0 Å². The third-order valence-corrected chi connectivity index (χ3v) is 3.62. The molecule has 0 atom stereocenters. The molecule has 0 fully saturated rings. The standard InChI is InChI=1S/C14H24BNO2/c1-11-8-13(9-14(10-17)12(11)2)6-5-7-16(4)15(3)18/h8-9,17-18H,5-7,10H2,1-4H3. The Morgan fingerprint density at radius 2 is 1.94 bits per heavy atom. The molecule has 0 radical (unpaired) electrons. The second kappa shape index (κ2) is 6.93. The second-order valence-corrected chi connectivity index (χ2v) is 5.07. The number of aliphatic hydroxyl groups is 1. The van der Waals surface area contributed by atoms with Crippen LogP contribution in [0.5, 0.6) is 0 Å². The Balaban J connectivity index is 2.60. The van der Waals surface area contributed by atoms with Crippen LogP contribution in [0.15, 0.2) is 12.1 Å². The summed E-state index contributed by atoms with van der Waals surface area (Å²) in [5.41, 5.74) is 4.71. The van der Waals surface area contributed by atoms with Gasteiger partial charge in [0.2, 0.25) is 0 Å². The quantitative estimate of drug-likeness (QED) is 0.755. The number of hydrogen-bond acceptors (Lipinski definition) is 3. The van der Waals surface area contributed by atoms with Crippen molar-refractivity contribution in [2.45, 2.75) is 40.1 Å². The third-order valence-electron chi connectivity index (χ3n) is 3.62. The van der Waals surface area contributed by atoms with Crippen LogP contribution in [0.25, 0.3) is 0 Å². The van der Waals surface area contributed by atoms with Crippen molar-refractivity contribution in [3.05, 3.63) is 34.4 Å². The molecule has 0 bridgehead atoms. The first-order valence-electron chi connectivity index (χ1n) is 6.54. The van der Waals surface area contributed by atoms with Crippen molar-refractivity contribution in [3.8, 4) is 0 Å². The van der Waals surface area contributed by atoms with Gasteiger partial charge in [0.25, 0.3) is 0 Å². The third kappa shape index (κ3) is 4.12. The number of rotatable bonds is 6. The molecule has 0 unspecified atom stereocenters. The maximum Gasteiger partial charge on any atom is 0.376 e. The van der Waals surface area contributed by atoms with Crippen LogP contribution >= 0.6 is 0 Å². The van der Waals surface area contributed by atoms with E-state index >= 15 is 0 Å². The Morgan fingerprint density at radius 3 is 2.50 bits per heavy atom. The van der Waals surface area contributed by atoms with Crippen LogP contribution in [0.1, 0.15) is 28.7 Å². The highest BCUT2D eigenvalue weighted by Crippen LogP contribution is 2.17. The molecule has 1 aromatic rings. The van der Waals surface area contributed by atoms with Gasteiger partial charge < -0.3 is 14.9 Å². The Labute approximate surface area is 111 Å². The van der Waals surface area contributed by atoms with Crippen LogP contribution in [0.4, 0.5) is 0 Å². The van der Waals surface area contributed by atoms with E-state index in [0.717, 1.165) is 24.9 Å². The molecule has 0 aliphatic heterocycles. The summed E-state index contributed by atoms with van der Waals surface area (Å²) < 4.78 is 0. The largest absolute Gasteiger partial charge is 0.437 e. The Morgan fingerprint density at radius 1 is 1.28 bits per heavy atom. The smallest absolute Gasteiger partial charge is 0.376 e. The van der Waals surface area contributed by atoms with Gasteiger partial charge in [-0.1, -0.05) is 12.1 Å². The molecule has 0 spiro atoms. The average Bonchev–Trinajstić information content (AvgIpc) is 2.33. The summed E-state index contributed by atoms with van der Waals surface area (Å²) in [6.45, 7) is 6.89. The summed E-state index contributed by atoms with van der Waals surface area (Å²) in [6, 6.07) is 4.28. The maximum atomic E-state index is 9.37. The lowest BCUT2D eigenvalue weighted by atomic mass is 9.85. The first-order valence-corrected chi connectivity index (χ1v) is 6.54. The highest BCUT2D eigenvalue weighted by atomic mass is 16.3. The zero-order valence-electron chi connectivity index (χ0n) is 11.9. The molecule has 0 amide bonds. The zero-order chi connectivity index (χ0) is 13.7. The molecule has 1 aromatic carbocycles. The van der Waals surface area contributed by atoms with Gasteiger partial charge in [-0.2, -0.15) is 0 Å². The Hall–Kier alpha value is -0.835. The molecule has 18 heavy (non-hydrogen) atoms. The van der Waals surface area contributed by atoms with E-state index in [1.807, 2.05) is 18.8 Å². The number of aliphatic hydroxyl groups excluding tert-OH is 1. The van der Waals surface area contributed by atoms with Crippen LogP contribution in [-0.4, -0.2) is 35.6 Å². The van der Waals surface area contributed by atoms with Crippen molar-refractivity contribution in [2.24, 2.45) is 0 Å². The lowest BCUT2D eigenvalue weighted by molar-refractivity contribution is 0.281. The minimum absolute atomic E-state index is 0.105. The number of aryl methyl sites for hydroxylation is 2. The normalized spacial score (nSPS) is 11.1. The fourth-order valence-corrected chi connectivity index (χ4v) is 2.04. The van der Waals surface area contributed by atoms with Crippen LogP contribution in [0, 0.1) is 13.8 Å². The van der Waals surface area contributed by atoms with Crippen molar-refractivity contribution in [1.82, 2.24) is 4.81 Å². The Kier molecular flexibility index (Phi) is 5.86. The molecule has 0 aromatic heterocycles. The molecular formula is C14H24BNO2. The fraction of sp³-hybridized carbons (Fsp3) is 0.571. The average molecular weight is 249 g/mol. The van der Waals surface area contributed by atoms with E-state index in [1.165, 1.54) is 16.7 Å². The van der Waals surface area contributed by atoms with E-state index in [-0.39, 0.29) is 6.61 Å². The Bertz CT molecular complexity index is 394. The van der Waals surface area contributed by atoms with Gasteiger partial charge in [0.05, 0.1) is 6.61 Å². The molecule has 4 heteroatoms. The van der Waals surface area contributed by atoms with Gasteiger partial charge >= 0.3 is 7.05 Å². The van der Waals surface area contributed by atoms with E-state index in [4.69, 9.17) is 0 Å². The lowest BCUT2D eigenvalue weighted by Gasteiger charge is -2.17. The maximum absolute atomic E-state index is 9.37. The minimum atomic E-state index is -0.391. The molecule has 0 aliphatic carbocycles. The van der Waals surface area contributed by atoms with Gasteiger partial charge in [0.15, 0.2) is 0 Å². The summed E-state index contributed by atoms with van der Waals surface area (Å²) >= 11 is 0. The highest BCUT2D eigenvalue weighted by molar-refractivity contribution is 6.45. The van der Waals surface area contributed by atoms with Crippen molar-refractivity contribution in [1.29, 1.82) is 0 Å². The summed E-state index contributed by atoms with van der Waals surface area (Å²) in [5.74, 6) is 0. The fourth-order valence-electron chi connectivity index (χ4n) is 2.04. The van der Waals surface area contributed by atoms with E-state index in [9.17, 15) is 10.1 Å². The summed E-state index contributed by atoms with van der Waals surface area (Å²) in [7, 11) is 1.53. The molecule has 0 saturated carbocycles. The zero-order valence-corrected chi connectivity index (χ0v) is 11.9. The van der Waals surface area contributed by atoms with Gasteiger partial charge in [0, 0.05) is 0 Å². The van der Waals surface area contributed by atoms with Gasteiger partial charge in [0.1, 0.15) is 0 Å². The first-order chi connectivity index (χ1) is 8.45. The lowest BCUT2D eigenvalue weighted by Crippen LogP contribution is -2.34. The summed E-state index contributed by atoms with van der Waals surface area (Å²) in [4.78, 5) is 1.92. The van der Waals surface area contributed by atoms with Gasteiger partial charge in [-0.25, -0.2) is 0 Å². The monoisotopic (exact) mass is 249 g/mol. The van der Waals surface area contributed by atoms with Crippen LogP contribution in [0.2, 0.25) is 6.82 Å². The molecular weight excluding hydrogens is 225 g/mol. The molecule has 0 heterocycles. The molecule has 0 saturated heterocycles. The predicted molar refractivity (Wildman–Crippen MR) is 76.6 cm³/mol. The first kappa shape index (κ1) is 15.2.